The molecule has 0 atom stereocenters. The second-order valence-electron chi connectivity index (χ2n) is 4.46. The molecular weight excluding hydrogens is 242 g/mol. The van der Waals surface area contributed by atoms with Gasteiger partial charge in [-0.3, -0.25) is 4.90 Å². The molecule has 5 heteroatoms. The summed E-state index contributed by atoms with van der Waals surface area (Å²) in [6.07, 6.45) is 0. The molecule has 0 radical (unpaired) electrons. The SMILES string of the molecule is COc1ccc(N2CCN(CC#N)CC2)cc1OC. The van der Waals surface area contributed by atoms with Crippen molar-refractivity contribution < 1.29 is 9.47 Å². The van der Waals surface area contributed by atoms with E-state index in [4.69, 9.17) is 14.7 Å². The Morgan fingerprint density at radius 1 is 1.11 bits per heavy atom. The number of anilines is 1. The Balaban J connectivity index is 2.05. The first-order chi connectivity index (χ1) is 9.28. The van der Waals surface area contributed by atoms with Crippen molar-refractivity contribution in [1.82, 2.24) is 4.90 Å². The Morgan fingerprint density at radius 2 is 1.79 bits per heavy atom. The number of hydrogen-bond acceptors (Lipinski definition) is 5. The number of rotatable bonds is 4. The van der Waals surface area contributed by atoms with Crippen molar-refractivity contribution in [2.75, 3.05) is 51.8 Å². The van der Waals surface area contributed by atoms with Gasteiger partial charge in [0.1, 0.15) is 0 Å². The van der Waals surface area contributed by atoms with Crippen molar-refractivity contribution in [2.45, 2.75) is 0 Å². The second-order valence-corrected chi connectivity index (χ2v) is 4.46. The van der Waals surface area contributed by atoms with Crippen LogP contribution in [0, 0.1) is 11.3 Å². The number of nitrogens with zero attached hydrogens (tertiary/aromatic N) is 3. The predicted octanol–water partition coefficient (Wildman–Crippen LogP) is 1.35. The molecule has 0 aromatic heterocycles. The topological polar surface area (TPSA) is 48.7 Å². The first kappa shape index (κ1) is 13.5. The Labute approximate surface area is 113 Å². The van der Waals surface area contributed by atoms with E-state index in [1.54, 1.807) is 14.2 Å². The third kappa shape index (κ3) is 3.09. The minimum absolute atomic E-state index is 0.514. The molecule has 1 aromatic rings. The lowest BCUT2D eigenvalue weighted by Gasteiger charge is -2.35. The molecule has 0 unspecified atom stereocenters. The summed E-state index contributed by atoms with van der Waals surface area (Å²) in [5, 5.41) is 8.69. The third-order valence-corrected chi connectivity index (χ3v) is 3.40. The van der Waals surface area contributed by atoms with Crippen LogP contribution in [0.2, 0.25) is 0 Å². The van der Waals surface area contributed by atoms with Gasteiger partial charge in [0.25, 0.3) is 0 Å². The van der Waals surface area contributed by atoms with Crippen LogP contribution in [0.25, 0.3) is 0 Å². The van der Waals surface area contributed by atoms with Gasteiger partial charge in [0.05, 0.1) is 26.8 Å². The highest BCUT2D eigenvalue weighted by Crippen LogP contribution is 2.31. The molecule has 1 aliphatic heterocycles. The van der Waals surface area contributed by atoms with Gasteiger partial charge in [-0.2, -0.15) is 5.26 Å². The minimum atomic E-state index is 0.514. The molecule has 1 saturated heterocycles. The van der Waals surface area contributed by atoms with E-state index in [2.05, 4.69) is 15.9 Å². The predicted molar refractivity (Wildman–Crippen MR) is 73.8 cm³/mol. The van der Waals surface area contributed by atoms with Gasteiger partial charge in [-0.25, -0.2) is 0 Å². The number of piperazine rings is 1. The zero-order valence-corrected chi connectivity index (χ0v) is 11.4. The van der Waals surface area contributed by atoms with Crippen LogP contribution in [0.4, 0.5) is 5.69 Å². The average molecular weight is 261 g/mol. The summed E-state index contributed by atoms with van der Waals surface area (Å²) >= 11 is 0. The normalized spacial score (nSPS) is 15.9. The van der Waals surface area contributed by atoms with Crippen LogP contribution in [-0.2, 0) is 0 Å². The summed E-state index contributed by atoms with van der Waals surface area (Å²) in [5.74, 6) is 1.49. The van der Waals surface area contributed by atoms with E-state index in [0.717, 1.165) is 43.4 Å². The molecule has 0 spiro atoms. The van der Waals surface area contributed by atoms with Crippen molar-refractivity contribution in [2.24, 2.45) is 0 Å². The van der Waals surface area contributed by atoms with Crippen molar-refractivity contribution in [3.05, 3.63) is 18.2 Å². The van der Waals surface area contributed by atoms with Gasteiger partial charge >= 0.3 is 0 Å². The number of hydrogen-bond donors (Lipinski definition) is 0. The summed E-state index contributed by atoms with van der Waals surface area (Å²) in [6.45, 7) is 4.21. The van der Waals surface area contributed by atoms with E-state index in [1.165, 1.54) is 0 Å². The van der Waals surface area contributed by atoms with Gasteiger partial charge in [0.15, 0.2) is 11.5 Å². The van der Waals surface area contributed by atoms with Gasteiger partial charge in [-0.15, -0.1) is 0 Å². The highest BCUT2D eigenvalue weighted by Gasteiger charge is 2.17. The quantitative estimate of drug-likeness (QED) is 0.766. The Bertz CT molecular complexity index is 462. The molecule has 102 valence electrons. The second kappa shape index (κ2) is 6.30. The Morgan fingerprint density at radius 3 is 2.37 bits per heavy atom. The number of methoxy groups -OCH3 is 2. The van der Waals surface area contributed by atoms with Crippen LogP contribution in [0.3, 0.4) is 0 Å². The lowest BCUT2D eigenvalue weighted by molar-refractivity contribution is 0.287. The van der Waals surface area contributed by atoms with Crippen molar-refractivity contribution >= 4 is 5.69 Å². The molecule has 0 amide bonds. The molecule has 1 aromatic carbocycles. The maximum absolute atomic E-state index is 8.69. The van der Waals surface area contributed by atoms with Gasteiger partial charge < -0.3 is 14.4 Å². The van der Waals surface area contributed by atoms with Crippen LogP contribution in [0.5, 0.6) is 11.5 Å². The van der Waals surface area contributed by atoms with E-state index < -0.39 is 0 Å². The Hall–Kier alpha value is -1.93. The molecule has 0 N–H and O–H groups in total. The Kier molecular flexibility index (Phi) is 4.48. The lowest BCUT2D eigenvalue weighted by atomic mass is 10.2. The number of nitriles is 1. The minimum Gasteiger partial charge on any atom is -0.493 e. The van der Waals surface area contributed by atoms with Crippen molar-refractivity contribution in [3.8, 4) is 17.6 Å². The molecule has 0 saturated carbocycles. The number of ether oxygens (including phenoxy) is 2. The zero-order valence-electron chi connectivity index (χ0n) is 11.4. The van der Waals surface area contributed by atoms with Crippen LogP contribution in [0.15, 0.2) is 18.2 Å². The first-order valence-electron chi connectivity index (χ1n) is 6.34. The van der Waals surface area contributed by atoms with E-state index in [9.17, 15) is 0 Å². The van der Waals surface area contributed by atoms with Crippen molar-refractivity contribution in [3.63, 3.8) is 0 Å². The zero-order chi connectivity index (χ0) is 13.7. The maximum atomic E-state index is 8.69. The summed E-state index contributed by atoms with van der Waals surface area (Å²) in [6, 6.07) is 8.16. The van der Waals surface area contributed by atoms with Crippen LogP contribution in [-0.4, -0.2) is 51.8 Å². The third-order valence-electron chi connectivity index (χ3n) is 3.40. The van der Waals surface area contributed by atoms with E-state index in [1.807, 2.05) is 18.2 Å². The van der Waals surface area contributed by atoms with Crippen LogP contribution >= 0.6 is 0 Å². The lowest BCUT2D eigenvalue weighted by Crippen LogP contribution is -2.46. The van der Waals surface area contributed by atoms with E-state index in [0.29, 0.717) is 6.54 Å². The molecule has 1 heterocycles. The van der Waals surface area contributed by atoms with Crippen LogP contribution < -0.4 is 14.4 Å². The monoisotopic (exact) mass is 261 g/mol. The standard InChI is InChI=1S/C14H19N3O2/c1-18-13-4-3-12(11-14(13)19-2)17-9-7-16(6-5-15)8-10-17/h3-4,11H,6-10H2,1-2H3. The molecule has 0 bridgehead atoms. The summed E-state index contributed by atoms with van der Waals surface area (Å²) in [7, 11) is 3.28. The number of benzene rings is 1. The fourth-order valence-corrected chi connectivity index (χ4v) is 2.29. The molecule has 0 aliphatic carbocycles. The first-order valence-corrected chi connectivity index (χ1v) is 6.34. The molecule has 5 nitrogen and oxygen atoms in total. The molecule has 19 heavy (non-hydrogen) atoms. The average Bonchev–Trinajstić information content (AvgIpc) is 2.47. The van der Waals surface area contributed by atoms with Gasteiger partial charge in [-0.05, 0) is 12.1 Å². The molecule has 1 aliphatic rings. The van der Waals surface area contributed by atoms with Gasteiger partial charge in [0, 0.05) is 37.9 Å². The van der Waals surface area contributed by atoms with Gasteiger partial charge in [-0.1, -0.05) is 0 Å². The fraction of sp³-hybridized carbons (Fsp3) is 0.500. The smallest absolute Gasteiger partial charge is 0.162 e. The molecular formula is C14H19N3O2. The van der Waals surface area contributed by atoms with Gasteiger partial charge in [0.2, 0.25) is 0 Å². The van der Waals surface area contributed by atoms with E-state index in [-0.39, 0.29) is 0 Å². The van der Waals surface area contributed by atoms with Crippen molar-refractivity contribution in [1.29, 1.82) is 5.26 Å². The largest absolute Gasteiger partial charge is 0.493 e. The highest BCUT2D eigenvalue weighted by molar-refractivity contribution is 5.56. The van der Waals surface area contributed by atoms with E-state index >= 15 is 0 Å². The molecule has 2 rings (SSSR count). The summed E-state index contributed by atoms with van der Waals surface area (Å²) in [5.41, 5.74) is 1.13. The maximum Gasteiger partial charge on any atom is 0.162 e. The fourth-order valence-electron chi connectivity index (χ4n) is 2.29. The molecule has 1 fully saturated rings. The summed E-state index contributed by atoms with van der Waals surface area (Å²) in [4.78, 5) is 4.47. The summed E-state index contributed by atoms with van der Waals surface area (Å²) < 4.78 is 10.6. The van der Waals surface area contributed by atoms with Crippen LogP contribution in [0.1, 0.15) is 0 Å². The highest BCUT2D eigenvalue weighted by atomic mass is 16.5.